The van der Waals surface area contributed by atoms with Gasteiger partial charge in [0.2, 0.25) is 0 Å². The normalized spacial score (nSPS) is 12.0. The lowest BCUT2D eigenvalue weighted by atomic mass is 10.1. The number of nitrogens with zero attached hydrogens (tertiary/aromatic N) is 1. The number of rotatable bonds is 5. The average molecular weight is 292 g/mol. The molecular formula is C16H18F2N2O. The molecule has 3 nitrogen and oxygen atoms in total. The predicted molar refractivity (Wildman–Crippen MR) is 79.6 cm³/mol. The number of halogens is 2. The molecule has 0 saturated carbocycles. The second kappa shape index (κ2) is 6.54. The first-order valence-corrected chi connectivity index (χ1v) is 6.57. The number of methoxy groups -OCH3 is 1. The first kappa shape index (κ1) is 15.3. The minimum absolute atomic E-state index is 0.174. The number of benzene rings is 2. The molecule has 0 aliphatic rings. The molecule has 1 atom stereocenters. The van der Waals surface area contributed by atoms with Crippen LogP contribution in [0.3, 0.4) is 0 Å². The Balaban J connectivity index is 2.12. The third-order valence-electron chi connectivity index (χ3n) is 3.34. The fourth-order valence-electron chi connectivity index (χ4n) is 2.17. The van der Waals surface area contributed by atoms with Gasteiger partial charge in [-0.05, 0) is 29.8 Å². The molecule has 1 unspecified atom stereocenters. The number of anilines is 1. The van der Waals surface area contributed by atoms with Gasteiger partial charge in [-0.3, -0.25) is 0 Å². The molecule has 112 valence electrons. The van der Waals surface area contributed by atoms with E-state index in [1.807, 2.05) is 0 Å². The van der Waals surface area contributed by atoms with Crippen molar-refractivity contribution >= 4 is 5.69 Å². The second-order valence-electron chi connectivity index (χ2n) is 4.83. The van der Waals surface area contributed by atoms with E-state index in [-0.39, 0.29) is 11.6 Å². The van der Waals surface area contributed by atoms with E-state index in [1.165, 1.54) is 25.3 Å². The van der Waals surface area contributed by atoms with Gasteiger partial charge in [0.15, 0.2) is 11.6 Å². The van der Waals surface area contributed by atoms with Crippen LogP contribution < -0.4 is 15.4 Å². The van der Waals surface area contributed by atoms with E-state index in [9.17, 15) is 8.78 Å². The number of para-hydroxylation sites is 1. The maximum Gasteiger partial charge on any atom is 0.165 e. The summed E-state index contributed by atoms with van der Waals surface area (Å²) in [5, 5.41) is 0. The van der Waals surface area contributed by atoms with Crippen LogP contribution in [-0.4, -0.2) is 20.7 Å². The van der Waals surface area contributed by atoms with Crippen LogP contribution >= 0.6 is 0 Å². The lowest BCUT2D eigenvalue weighted by molar-refractivity contribution is 0.386. The Kier molecular flexibility index (Phi) is 4.75. The van der Waals surface area contributed by atoms with Gasteiger partial charge in [0, 0.05) is 19.6 Å². The van der Waals surface area contributed by atoms with Crippen LogP contribution in [0.1, 0.15) is 11.6 Å². The van der Waals surface area contributed by atoms with Crippen molar-refractivity contribution in [1.82, 2.24) is 0 Å². The predicted octanol–water partition coefficient (Wildman–Crippen LogP) is 3.11. The standard InChI is InChI=1S/C16H18F2N2O/c1-20(15-6-4-3-5-12(15)17)10-14(19)11-7-8-16(21-2)13(18)9-11/h3-9,14H,10,19H2,1-2H3. The maximum absolute atomic E-state index is 13.7. The average Bonchev–Trinajstić information content (AvgIpc) is 2.47. The summed E-state index contributed by atoms with van der Waals surface area (Å²) in [7, 11) is 3.15. The monoisotopic (exact) mass is 292 g/mol. The molecule has 0 aliphatic heterocycles. The highest BCUT2D eigenvalue weighted by atomic mass is 19.1. The highest BCUT2D eigenvalue weighted by Crippen LogP contribution is 2.23. The Bertz CT molecular complexity index is 619. The first-order valence-electron chi connectivity index (χ1n) is 6.57. The summed E-state index contributed by atoms with van der Waals surface area (Å²) in [5.74, 6) is -0.597. The van der Waals surface area contributed by atoms with Crippen LogP contribution in [0.25, 0.3) is 0 Å². The van der Waals surface area contributed by atoms with Gasteiger partial charge in [0.05, 0.1) is 12.8 Å². The van der Waals surface area contributed by atoms with Gasteiger partial charge in [-0.2, -0.15) is 0 Å². The number of ether oxygens (including phenoxy) is 1. The van der Waals surface area contributed by atoms with Crippen molar-refractivity contribution in [2.24, 2.45) is 5.73 Å². The zero-order valence-electron chi connectivity index (χ0n) is 12.0. The van der Waals surface area contributed by atoms with Crippen molar-refractivity contribution in [2.75, 3.05) is 25.6 Å². The van der Waals surface area contributed by atoms with Crippen molar-refractivity contribution in [3.05, 3.63) is 59.7 Å². The molecule has 0 amide bonds. The van der Waals surface area contributed by atoms with Gasteiger partial charge in [-0.1, -0.05) is 18.2 Å². The molecule has 0 spiro atoms. The van der Waals surface area contributed by atoms with Crippen LogP contribution in [-0.2, 0) is 0 Å². The minimum Gasteiger partial charge on any atom is -0.494 e. The molecule has 2 N–H and O–H groups in total. The summed E-state index contributed by atoms with van der Waals surface area (Å²) in [5.41, 5.74) is 7.17. The lowest BCUT2D eigenvalue weighted by Crippen LogP contribution is -2.29. The van der Waals surface area contributed by atoms with E-state index in [0.29, 0.717) is 17.8 Å². The SMILES string of the molecule is COc1ccc(C(N)CN(C)c2ccccc2F)cc1F. The molecule has 21 heavy (non-hydrogen) atoms. The molecule has 0 aliphatic carbocycles. The number of nitrogens with two attached hydrogens (primary N) is 1. The summed E-state index contributed by atoms with van der Waals surface area (Å²) in [6, 6.07) is 10.6. The Hall–Kier alpha value is -2.14. The first-order chi connectivity index (χ1) is 10.0. The van der Waals surface area contributed by atoms with Crippen LogP contribution in [0.5, 0.6) is 5.75 Å². The summed E-state index contributed by atoms with van der Waals surface area (Å²) in [6.45, 7) is 0.368. The Morgan fingerprint density at radius 3 is 2.48 bits per heavy atom. The van der Waals surface area contributed by atoms with Gasteiger partial charge in [-0.15, -0.1) is 0 Å². The van der Waals surface area contributed by atoms with E-state index in [2.05, 4.69) is 0 Å². The Morgan fingerprint density at radius 2 is 1.86 bits per heavy atom. The van der Waals surface area contributed by atoms with Gasteiger partial charge < -0.3 is 15.4 Å². The van der Waals surface area contributed by atoms with E-state index >= 15 is 0 Å². The largest absolute Gasteiger partial charge is 0.494 e. The lowest BCUT2D eigenvalue weighted by Gasteiger charge is -2.24. The van der Waals surface area contributed by atoms with Crippen molar-refractivity contribution in [3.63, 3.8) is 0 Å². The van der Waals surface area contributed by atoms with Crippen LogP contribution in [0, 0.1) is 11.6 Å². The van der Waals surface area contributed by atoms with Crippen molar-refractivity contribution < 1.29 is 13.5 Å². The van der Waals surface area contributed by atoms with Crippen molar-refractivity contribution in [2.45, 2.75) is 6.04 Å². The van der Waals surface area contributed by atoms with E-state index < -0.39 is 11.9 Å². The summed E-state index contributed by atoms with van der Waals surface area (Å²) >= 11 is 0. The molecule has 0 radical (unpaired) electrons. The molecule has 0 heterocycles. The quantitative estimate of drug-likeness (QED) is 0.920. The maximum atomic E-state index is 13.7. The van der Waals surface area contributed by atoms with E-state index in [0.717, 1.165) is 0 Å². The Morgan fingerprint density at radius 1 is 1.14 bits per heavy atom. The molecule has 0 bridgehead atoms. The molecular weight excluding hydrogens is 274 g/mol. The molecule has 2 aromatic carbocycles. The highest BCUT2D eigenvalue weighted by Gasteiger charge is 2.14. The van der Waals surface area contributed by atoms with Gasteiger partial charge >= 0.3 is 0 Å². The van der Waals surface area contributed by atoms with Gasteiger partial charge in [0.1, 0.15) is 5.82 Å². The van der Waals surface area contributed by atoms with Crippen LogP contribution in [0.2, 0.25) is 0 Å². The van der Waals surface area contributed by atoms with Crippen LogP contribution in [0.15, 0.2) is 42.5 Å². The highest BCUT2D eigenvalue weighted by molar-refractivity contribution is 5.47. The van der Waals surface area contributed by atoms with Gasteiger partial charge in [-0.25, -0.2) is 8.78 Å². The summed E-state index contributed by atoms with van der Waals surface area (Å²) in [6.07, 6.45) is 0. The van der Waals surface area contributed by atoms with Crippen LogP contribution in [0.4, 0.5) is 14.5 Å². The fourth-order valence-corrected chi connectivity index (χ4v) is 2.17. The number of likely N-dealkylation sites (N-methyl/N-ethyl adjacent to an activating group) is 1. The van der Waals surface area contributed by atoms with E-state index in [1.54, 1.807) is 36.2 Å². The molecule has 5 heteroatoms. The molecule has 0 saturated heterocycles. The van der Waals surface area contributed by atoms with E-state index in [4.69, 9.17) is 10.5 Å². The second-order valence-corrected chi connectivity index (χ2v) is 4.83. The Labute approximate surface area is 122 Å². The molecule has 0 fully saturated rings. The topological polar surface area (TPSA) is 38.5 Å². The third-order valence-corrected chi connectivity index (χ3v) is 3.34. The molecule has 0 aromatic heterocycles. The number of hydrogen-bond acceptors (Lipinski definition) is 3. The zero-order chi connectivity index (χ0) is 15.4. The summed E-state index contributed by atoms with van der Waals surface area (Å²) < 4.78 is 32.2. The number of hydrogen-bond donors (Lipinski definition) is 1. The third kappa shape index (κ3) is 3.49. The van der Waals surface area contributed by atoms with Gasteiger partial charge in [0.25, 0.3) is 0 Å². The smallest absolute Gasteiger partial charge is 0.165 e. The zero-order valence-corrected chi connectivity index (χ0v) is 12.0. The summed E-state index contributed by atoms with van der Waals surface area (Å²) in [4.78, 5) is 1.71. The van der Waals surface area contributed by atoms with Crippen molar-refractivity contribution in [1.29, 1.82) is 0 Å². The van der Waals surface area contributed by atoms with Crippen molar-refractivity contribution in [3.8, 4) is 5.75 Å². The molecule has 2 aromatic rings. The minimum atomic E-state index is -0.459. The molecule has 2 rings (SSSR count). The fraction of sp³-hybridized carbons (Fsp3) is 0.250.